The number of nitrogens with zero attached hydrogens (tertiary/aromatic N) is 5. The molecule has 0 saturated carbocycles. The van der Waals surface area contributed by atoms with Crippen LogP contribution in [0.25, 0.3) is 28.0 Å². The Bertz CT molecular complexity index is 1750. The highest BCUT2D eigenvalue weighted by Crippen LogP contribution is 2.36. The molecule has 9 nitrogen and oxygen atoms in total. The van der Waals surface area contributed by atoms with E-state index in [4.69, 9.17) is 10.7 Å². The lowest BCUT2D eigenvalue weighted by Crippen LogP contribution is -2.51. The standard InChI is InChI=1S/C26H24ClF2N5O4S/c1-15-13-32(2)9-10-33(15)24-18-12-20(29)23(22-19(28)7-4-8-21(22)35)30-25(18)34(26(36)31-24)17-6-3-5-16(11-17)14-39(27,37)38/h3-8,11-12,15,35H,9-10,13-14H2,1-2H3/t15-/m1/s1. The van der Waals surface area contributed by atoms with E-state index in [-0.39, 0.29) is 28.6 Å². The first-order chi connectivity index (χ1) is 18.4. The molecule has 2 aromatic carbocycles. The molecule has 0 unspecified atom stereocenters. The zero-order chi connectivity index (χ0) is 28.1. The van der Waals surface area contributed by atoms with E-state index >= 15 is 4.39 Å². The molecule has 2 aromatic heterocycles. The Morgan fingerprint density at radius 3 is 2.51 bits per heavy atom. The molecule has 1 saturated heterocycles. The molecule has 1 atom stereocenters. The molecule has 3 heterocycles. The summed E-state index contributed by atoms with van der Waals surface area (Å²) in [5.74, 6) is -2.60. The van der Waals surface area contributed by atoms with Crippen LogP contribution in [0.3, 0.4) is 0 Å². The number of hydrogen-bond acceptors (Lipinski definition) is 8. The predicted octanol–water partition coefficient (Wildman–Crippen LogP) is 3.64. The SMILES string of the molecule is C[C@@H]1CN(C)CCN1c1nc(=O)n(-c2cccc(CS(=O)(=O)Cl)c2)c2nc(-c3c(O)cccc3F)c(F)cc12. The van der Waals surface area contributed by atoms with Crippen molar-refractivity contribution in [2.24, 2.45) is 0 Å². The van der Waals surface area contributed by atoms with E-state index in [0.29, 0.717) is 25.2 Å². The minimum Gasteiger partial charge on any atom is -0.507 e. The number of aromatic nitrogens is 3. The van der Waals surface area contributed by atoms with Crippen molar-refractivity contribution in [3.8, 4) is 22.7 Å². The average Bonchev–Trinajstić information content (AvgIpc) is 2.83. The molecule has 13 heteroatoms. The highest BCUT2D eigenvalue weighted by atomic mass is 35.7. The Morgan fingerprint density at radius 2 is 1.82 bits per heavy atom. The van der Waals surface area contributed by atoms with E-state index in [2.05, 4.69) is 14.9 Å². The number of pyridine rings is 1. The van der Waals surface area contributed by atoms with Crippen LogP contribution in [0.1, 0.15) is 12.5 Å². The molecule has 1 aliphatic rings. The summed E-state index contributed by atoms with van der Waals surface area (Å²) in [4.78, 5) is 26.2. The number of fused-ring (bicyclic) bond motifs is 1. The molecule has 4 aromatic rings. The highest BCUT2D eigenvalue weighted by molar-refractivity contribution is 8.13. The molecule has 0 bridgehead atoms. The fourth-order valence-corrected chi connectivity index (χ4v) is 5.87. The first-order valence-corrected chi connectivity index (χ1v) is 14.5. The van der Waals surface area contributed by atoms with Crippen LogP contribution in [0.15, 0.2) is 53.3 Å². The highest BCUT2D eigenvalue weighted by Gasteiger charge is 2.28. The number of anilines is 1. The lowest BCUT2D eigenvalue weighted by atomic mass is 10.1. The van der Waals surface area contributed by atoms with E-state index in [1.165, 1.54) is 36.4 Å². The maximum atomic E-state index is 15.6. The first-order valence-electron chi connectivity index (χ1n) is 12.0. The monoisotopic (exact) mass is 575 g/mol. The van der Waals surface area contributed by atoms with Crippen molar-refractivity contribution >= 4 is 36.6 Å². The van der Waals surface area contributed by atoms with Gasteiger partial charge >= 0.3 is 5.69 Å². The third-order valence-electron chi connectivity index (χ3n) is 6.64. The number of phenols is 1. The number of piperazine rings is 1. The van der Waals surface area contributed by atoms with E-state index in [1.54, 1.807) is 0 Å². The van der Waals surface area contributed by atoms with Gasteiger partial charge in [0.1, 0.15) is 23.1 Å². The molecular formula is C26H24ClF2N5O4S. The van der Waals surface area contributed by atoms with Gasteiger partial charge in [-0.15, -0.1) is 0 Å². The summed E-state index contributed by atoms with van der Waals surface area (Å²) in [6, 6.07) is 10.6. The zero-order valence-corrected chi connectivity index (χ0v) is 22.5. The number of phenolic OH excluding ortho intramolecular Hbond substituents is 1. The maximum Gasteiger partial charge on any atom is 0.355 e. The average molecular weight is 576 g/mol. The topological polar surface area (TPSA) is 109 Å². The Balaban J connectivity index is 1.82. The summed E-state index contributed by atoms with van der Waals surface area (Å²) in [5.41, 5.74) is -1.23. The lowest BCUT2D eigenvalue weighted by Gasteiger charge is -2.39. The second-order valence-electron chi connectivity index (χ2n) is 9.54. The van der Waals surface area contributed by atoms with Crippen molar-refractivity contribution < 1.29 is 22.3 Å². The Kier molecular flexibility index (Phi) is 7.04. The van der Waals surface area contributed by atoms with Gasteiger partial charge in [0.05, 0.1) is 22.4 Å². The molecule has 0 radical (unpaired) electrons. The fourth-order valence-electron chi connectivity index (χ4n) is 4.92. The molecular weight excluding hydrogens is 552 g/mol. The molecule has 0 aliphatic carbocycles. The Labute approximate surface area is 227 Å². The van der Waals surface area contributed by atoms with Crippen LogP contribution in [-0.2, 0) is 14.8 Å². The van der Waals surface area contributed by atoms with E-state index in [1.807, 2.05) is 18.9 Å². The number of rotatable bonds is 5. The molecule has 1 aliphatic heterocycles. The van der Waals surface area contributed by atoms with Gasteiger partial charge in [-0.2, -0.15) is 4.98 Å². The van der Waals surface area contributed by atoms with Gasteiger partial charge in [0.15, 0.2) is 11.5 Å². The second kappa shape index (κ2) is 10.2. The molecule has 0 amide bonds. The second-order valence-corrected chi connectivity index (χ2v) is 12.3. The molecule has 0 spiro atoms. The molecule has 5 rings (SSSR count). The number of hydrogen-bond donors (Lipinski definition) is 1. The number of halogens is 3. The van der Waals surface area contributed by atoms with Crippen molar-refractivity contribution in [1.29, 1.82) is 0 Å². The van der Waals surface area contributed by atoms with Gasteiger partial charge in [-0.1, -0.05) is 18.2 Å². The van der Waals surface area contributed by atoms with Gasteiger partial charge < -0.3 is 14.9 Å². The quantitative estimate of drug-likeness (QED) is 0.359. The summed E-state index contributed by atoms with van der Waals surface area (Å²) in [6.45, 7) is 3.84. The third-order valence-corrected chi connectivity index (χ3v) is 7.65. The van der Waals surface area contributed by atoms with Gasteiger partial charge in [-0.3, -0.25) is 0 Å². The van der Waals surface area contributed by atoms with Crippen LogP contribution in [0.2, 0.25) is 0 Å². The summed E-state index contributed by atoms with van der Waals surface area (Å²) in [7, 11) is 3.51. The van der Waals surface area contributed by atoms with Crippen LogP contribution in [-0.4, -0.2) is 65.7 Å². The van der Waals surface area contributed by atoms with E-state index in [9.17, 15) is 22.7 Å². The first kappa shape index (κ1) is 27.0. The Hall–Kier alpha value is -3.61. The van der Waals surface area contributed by atoms with Crippen molar-refractivity contribution in [1.82, 2.24) is 19.4 Å². The summed E-state index contributed by atoms with van der Waals surface area (Å²) in [6.07, 6.45) is 0. The van der Waals surface area contributed by atoms with E-state index in [0.717, 1.165) is 16.7 Å². The van der Waals surface area contributed by atoms with Crippen LogP contribution < -0.4 is 10.6 Å². The van der Waals surface area contributed by atoms with Crippen LogP contribution in [0.4, 0.5) is 14.6 Å². The number of benzene rings is 2. The van der Waals surface area contributed by atoms with Gasteiger partial charge in [-0.05, 0) is 49.9 Å². The maximum absolute atomic E-state index is 15.6. The molecule has 1 N–H and O–H groups in total. The number of likely N-dealkylation sites (N-methyl/N-ethyl adjacent to an activating group) is 1. The van der Waals surface area contributed by atoms with Crippen LogP contribution >= 0.6 is 10.7 Å². The van der Waals surface area contributed by atoms with Crippen LogP contribution in [0.5, 0.6) is 5.75 Å². The van der Waals surface area contributed by atoms with Crippen molar-refractivity contribution in [3.63, 3.8) is 0 Å². The smallest absolute Gasteiger partial charge is 0.355 e. The Morgan fingerprint density at radius 1 is 1.08 bits per heavy atom. The van der Waals surface area contributed by atoms with Crippen LogP contribution in [0, 0.1) is 11.6 Å². The minimum absolute atomic E-state index is 0.0407. The third kappa shape index (κ3) is 5.32. The van der Waals surface area contributed by atoms with Gasteiger partial charge in [-0.25, -0.2) is 31.5 Å². The lowest BCUT2D eigenvalue weighted by molar-refractivity contribution is 0.275. The fraction of sp³-hybridized carbons (Fsp3) is 0.269. The molecule has 204 valence electrons. The van der Waals surface area contributed by atoms with Gasteiger partial charge in [0, 0.05) is 36.4 Å². The van der Waals surface area contributed by atoms with Gasteiger partial charge in [0.2, 0.25) is 9.05 Å². The summed E-state index contributed by atoms with van der Waals surface area (Å²) in [5, 5.41) is 10.5. The summed E-state index contributed by atoms with van der Waals surface area (Å²) >= 11 is 0. The van der Waals surface area contributed by atoms with Gasteiger partial charge in [0.25, 0.3) is 0 Å². The summed E-state index contributed by atoms with van der Waals surface area (Å²) < 4.78 is 54.8. The van der Waals surface area contributed by atoms with E-state index < -0.39 is 49.1 Å². The number of aromatic hydroxyl groups is 1. The minimum atomic E-state index is -3.89. The van der Waals surface area contributed by atoms with Crippen molar-refractivity contribution in [3.05, 3.63) is 76.2 Å². The molecule has 39 heavy (non-hydrogen) atoms. The zero-order valence-electron chi connectivity index (χ0n) is 21.0. The van der Waals surface area contributed by atoms with Crippen molar-refractivity contribution in [2.45, 2.75) is 18.7 Å². The normalized spacial score (nSPS) is 16.6. The molecule has 1 fully saturated rings. The van der Waals surface area contributed by atoms with Crippen molar-refractivity contribution in [2.75, 3.05) is 31.6 Å². The predicted molar refractivity (Wildman–Crippen MR) is 145 cm³/mol. The largest absolute Gasteiger partial charge is 0.507 e.